The van der Waals surface area contributed by atoms with Crippen LogP contribution < -0.4 is 15.1 Å². The van der Waals surface area contributed by atoms with Crippen LogP contribution in [0, 0.1) is 5.82 Å². The van der Waals surface area contributed by atoms with Crippen molar-refractivity contribution in [3.05, 3.63) is 59.1 Å². The molecule has 1 aromatic heterocycles. The van der Waals surface area contributed by atoms with Gasteiger partial charge in [0.15, 0.2) is 5.49 Å². The summed E-state index contributed by atoms with van der Waals surface area (Å²) >= 11 is 0. The van der Waals surface area contributed by atoms with Crippen molar-refractivity contribution < 1.29 is 22.7 Å². The second-order valence-corrected chi connectivity index (χ2v) is 9.32. The van der Waals surface area contributed by atoms with Crippen molar-refractivity contribution in [3.63, 3.8) is 0 Å². The number of hydrogen-bond donors (Lipinski definition) is 0. The Bertz CT molecular complexity index is 1390. The molecule has 1 amide bonds. The summed E-state index contributed by atoms with van der Waals surface area (Å²) < 4.78 is 49.2. The number of rotatable bonds is 3. The summed E-state index contributed by atoms with van der Waals surface area (Å²) in [4.78, 5) is 25.2. The summed E-state index contributed by atoms with van der Waals surface area (Å²) in [5.41, 5.74) is 1.58. The quantitative estimate of drug-likeness (QED) is 0.544. The number of fused-ring (bicyclic) bond motifs is 4. The van der Waals surface area contributed by atoms with Crippen molar-refractivity contribution in [2.45, 2.75) is 38.8 Å². The molecule has 0 radical (unpaired) electrons. The lowest BCUT2D eigenvalue weighted by atomic mass is 10.0. The molecule has 2 aromatic carbocycles. The number of benzene rings is 2. The minimum atomic E-state index is -2.90. The lowest BCUT2D eigenvalue weighted by Crippen LogP contribution is -2.54. The maximum absolute atomic E-state index is 14.8. The molecule has 10 heteroatoms. The minimum absolute atomic E-state index is 0.0630. The minimum Gasteiger partial charge on any atom is -0.491 e. The van der Waals surface area contributed by atoms with Gasteiger partial charge in [-0.15, -0.1) is 0 Å². The van der Waals surface area contributed by atoms with E-state index in [4.69, 9.17) is 4.74 Å². The Morgan fingerprint density at radius 1 is 1.22 bits per heavy atom. The van der Waals surface area contributed by atoms with Crippen LogP contribution in [0.25, 0.3) is 10.9 Å². The number of carbonyl (C=O) groups excluding carboxylic acids is 1. The van der Waals surface area contributed by atoms with E-state index in [9.17, 15) is 18.0 Å². The van der Waals surface area contributed by atoms with Crippen LogP contribution in [0.3, 0.4) is 0 Å². The highest BCUT2D eigenvalue weighted by molar-refractivity contribution is 5.86. The molecule has 1 saturated heterocycles. The van der Waals surface area contributed by atoms with Crippen LogP contribution in [-0.4, -0.2) is 52.6 Å². The number of amides is 1. The van der Waals surface area contributed by atoms with Gasteiger partial charge in [0, 0.05) is 57.0 Å². The van der Waals surface area contributed by atoms with E-state index in [-0.39, 0.29) is 17.5 Å². The van der Waals surface area contributed by atoms with E-state index >= 15 is 0 Å². The molecule has 7 nitrogen and oxygen atoms in total. The summed E-state index contributed by atoms with van der Waals surface area (Å²) in [5.74, 6) is -0.131. The van der Waals surface area contributed by atoms with E-state index in [0.29, 0.717) is 31.7 Å². The van der Waals surface area contributed by atoms with Gasteiger partial charge in [-0.1, -0.05) is 18.2 Å². The summed E-state index contributed by atoms with van der Waals surface area (Å²) in [7, 11) is 1.87. The molecule has 0 saturated carbocycles. The standard InChI is InChI=1S/C26H28F3N5O2/c1-15(18-5-4-6-19(24(18)27)25(28)29)31-26-20-11-22-23(12-21(20)32(3)14-30-26)36-10-7-17-13-33(16(2)35)8-9-34(17)22/h4-6,11-12,14-15,17,25H,7-10,13H2,1-3H3/t15-,17+/m1/s1. The molecule has 0 bridgehead atoms. The third-order valence-corrected chi connectivity index (χ3v) is 7.06. The van der Waals surface area contributed by atoms with Crippen molar-refractivity contribution in [2.24, 2.45) is 12.0 Å². The summed E-state index contributed by atoms with van der Waals surface area (Å²) in [6, 6.07) is 7.31. The Labute approximate surface area is 206 Å². The van der Waals surface area contributed by atoms with Crippen molar-refractivity contribution in [3.8, 4) is 5.75 Å². The van der Waals surface area contributed by atoms with Crippen LogP contribution in [0.5, 0.6) is 5.75 Å². The van der Waals surface area contributed by atoms with Gasteiger partial charge in [0.25, 0.3) is 6.43 Å². The first-order chi connectivity index (χ1) is 17.2. The molecule has 0 aliphatic carbocycles. The topological polar surface area (TPSA) is 63.0 Å². The number of anilines is 1. The van der Waals surface area contributed by atoms with Gasteiger partial charge in [-0.05, 0) is 13.0 Å². The molecule has 3 heterocycles. The SMILES string of the molecule is CC(=O)N1CCN2c3cc4c(=N[C@H](C)c5cccc(C(F)F)c5F)ncn(C)c4cc3OCC[C@H]2C1. The van der Waals surface area contributed by atoms with Crippen LogP contribution in [0.1, 0.15) is 43.9 Å². The van der Waals surface area contributed by atoms with Crippen LogP contribution in [0.15, 0.2) is 41.7 Å². The Balaban J connectivity index is 1.61. The van der Waals surface area contributed by atoms with E-state index in [1.165, 1.54) is 12.1 Å². The zero-order chi connectivity index (χ0) is 25.6. The number of piperazine rings is 1. The van der Waals surface area contributed by atoms with E-state index in [2.05, 4.69) is 14.9 Å². The highest BCUT2D eigenvalue weighted by Gasteiger charge is 2.32. The monoisotopic (exact) mass is 499 g/mol. The van der Waals surface area contributed by atoms with Crippen molar-refractivity contribution >= 4 is 22.5 Å². The summed E-state index contributed by atoms with van der Waals surface area (Å²) in [5, 5.41) is 0.745. The maximum atomic E-state index is 14.8. The van der Waals surface area contributed by atoms with Gasteiger partial charge in [-0.25, -0.2) is 18.2 Å². The van der Waals surface area contributed by atoms with E-state index in [1.807, 2.05) is 28.6 Å². The molecule has 2 aliphatic heterocycles. The summed E-state index contributed by atoms with van der Waals surface area (Å²) in [6.45, 7) is 5.72. The Morgan fingerprint density at radius 3 is 2.75 bits per heavy atom. The second-order valence-electron chi connectivity index (χ2n) is 9.32. The number of aryl methyl sites for hydroxylation is 1. The number of nitrogens with zero attached hydrogens (tertiary/aromatic N) is 5. The zero-order valence-corrected chi connectivity index (χ0v) is 20.4. The molecule has 1 fully saturated rings. The van der Waals surface area contributed by atoms with Crippen LogP contribution in [0.4, 0.5) is 18.9 Å². The number of carbonyl (C=O) groups is 1. The maximum Gasteiger partial charge on any atom is 0.266 e. The molecule has 0 unspecified atom stereocenters. The molecule has 190 valence electrons. The predicted octanol–water partition coefficient (Wildman–Crippen LogP) is 4.13. The van der Waals surface area contributed by atoms with Gasteiger partial charge in [0.1, 0.15) is 11.6 Å². The van der Waals surface area contributed by atoms with Gasteiger partial charge in [-0.2, -0.15) is 0 Å². The molecule has 3 aromatic rings. The molecular weight excluding hydrogens is 471 g/mol. The number of ether oxygens (including phenoxy) is 1. The lowest BCUT2D eigenvalue weighted by molar-refractivity contribution is -0.129. The lowest BCUT2D eigenvalue weighted by Gasteiger charge is -2.41. The van der Waals surface area contributed by atoms with Crippen LogP contribution >= 0.6 is 0 Å². The number of aromatic nitrogens is 2. The fourth-order valence-electron chi connectivity index (χ4n) is 5.07. The van der Waals surface area contributed by atoms with Crippen molar-refractivity contribution in [2.75, 3.05) is 31.1 Å². The van der Waals surface area contributed by atoms with Crippen LogP contribution in [-0.2, 0) is 11.8 Å². The molecular formula is C26H28F3N5O2. The number of alkyl halides is 2. The first kappa shape index (κ1) is 24.1. The Kier molecular flexibility index (Phi) is 6.36. The Morgan fingerprint density at radius 2 is 2.00 bits per heavy atom. The highest BCUT2D eigenvalue weighted by atomic mass is 19.3. The van der Waals surface area contributed by atoms with Crippen molar-refractivity contribution in [1.82, 2.24) is 14.5 Å². The molecule has 2 aliphatic rings. The number of hydrogen-bond acceptors (Lipinski definition) is 5. The molecule has 0 spiro atoms. The molecule has 36 heavy (non-hydrogen) atoms. The van der Waals surface area contributed by atoms with Crippen LogP contribution in [0.2, 0.25) is 0 Å². The average molecular weight is 500 g/mol. The second kappa shape index (κ2) is 9.48. The smallest absolute Gasteiger partial charge is 0.266 e. The van der Waals surface area contributed by atoms with Gasteiger partial charge >= 0.3 is 0 Å². The first-order valence-corrected chi connectivity index (χ1v) is 12.0. The van der Waals surface area contributed by atoms with Gasteiger partial charge < -0.3 is 19.1 Å². The molecule has 5 rings (SSSR count). The van der Waals surface area contributed by atoms with E-state index in [1.54, 1.807) is 20.2 Å². The summed E-state index contributed by atoms with van der Waals surface area (Å²) in [6.07, 6.45) is -0.497. The fraction of sp³-hybridized carbons (Fsp3) is 0.423. The third kappa shape index (κ3) is 4.29. The van der Waals surface area contributed by atoms with Gasteiger partial charge in [0.05, 0.1) is 41.8 Å². The fourth-order valence-corrected chi connectivity index (χ4v) is 5.07. The zero-order valence-electron chi connectivity index (χ0n) is 20.4. The normalized spacial score (nSPS) is 19.1. The third-order valence-electron chi connectivity index (χ3n) is 7.06. The molecule has 0 N–H and O–H groups in total. The predicted molar refractivity (Wildman–Crippen MR) is 130 cm³/mol. The highest BCUT2D eigenvalue weighted by Crippen LogP contribution is 2.37. The van der Waals surface area contributed by atoms with Gasteiger partial charge in [-0.3, -0.25) is 9.79 Å². The van der Waals surface area contributed by atoms with E-state index in [0.717, 1.165) is 34.8 Å². The number of halogens is 3. The molecule has 2 atom stereocenters. The largest absolute Gasteiger partial charge is 0.491 e. The first-order valence-electron chi connectivity index (χ1n) is 12.0. The average Bonchev–Trinajstić information content (AvgIpc) is 3.03. The Hall–Kier alpha value is -3.56. The van der Waals surface area contributed by atoms with Gasteiger partial charge in [0.2, 0.25) is 5.91 Å². The van der Waals surface area contributed by atoms with Crippen molar-refractivity contribution in [1.29, 1.82) is 0 Å². The van der Waals surface area contributed by atoms with E-state index < -0.39 is 23.8 Å².